The summed E-state index contributed by atoms with van der Waals surface area (Å²) in [5.41, 5.74) is 2.60. The van der Waals surface area contributed by atoms with Crippen LogP contribution in [0.3, 0.4) is 0 Å². The Hall–Kier alpha value is -1.70. The van der Waals surface area contributed by atoms with E-state index in [1.54, 1.807) is 0 Å². The highest BCUT2D eigenvalue weighted by molar-refractivity contribution is 6.05. The molecule has 0 bridgehead atoms. The molecule has 2 heteroatoms. The quantitative estimate of drug-likeness (QED) is 0.795. The van der Waals surface area contributed by atoms with Gasteiger partial charge in [-0.25, -0.2) is 0 Å². The first-order valence-corrected chi connectivity index (χ1v) is 6.25. The predicted molar refractivity (Wildman–Crippen MR) is 74.6 cm³/mol. The van der Waals surface area contributed by atoms with Crippen molar-refractivity contribution in [1.29, 1.82) is 0 Å². The molecule has 1 unspecified atom stereocenters. The molecule has 0 aromatic heterocycles. The number of hydrogen-bond donors (Lipinski definition) is 1. The molecular weight excluding hydrogens is 208 g/mol. The van der Waals surface area contributed by atoms with Crippen LogP contribution in [-0.4, -0.2) is 12.2 Å². The van der Waals surface area contributed by atoms with E-state index in [4.69, 9.17) is 0 Å². The molecule has 2 aromatic carbocycles. The molecular formula is C15H18N2. The third kappa shape index (κ3) is 1.47. The lowest BCUT2D eigenvalue weighted by Crippen LogP contribution is -2.45. The Morgan fingerprint density at radius 3 is 2.53 bits per heavy atom. The second-order valence-electron chi connectivity index (χ2n) is 5.00. The molecule has 17 heavy (non-hydrogen) atoms. The largest absolute Gasteiger partial charge is 0.365 e. The average Bonchev–Trinajstić information content (AvgIpc) is 2.28. The topological polar surface area (TPSA) is 15.3 Å². The van der Waals surface area contributed by atoms with Crippen molar-refractivity contribution in [2.45, 2.75) is 33.0 Å². The van der Waals surface area contributed by atoms with Crippen molar-refractivity contribution >= 4 is 22.1 Å². The number of anilines is 2. The van der Waals surface area contributed by atoms with Crippen molar-refractivity contribution in [2.24, 2.45) is 0 Å². The minimum absolute atomic E-state index is 0.343. The first-order valence-electron chi connectivity index (χ1n) is 6.25. The fraction of sp³-hybridized carbons (Fsp3) is 0.333. The zero-order valence-electron chi connectivity index (χ0n) is 10.6. The Labute approximate surface area is 102 Å². The van der Waals surface area contributed by atoms with E-state index in [1.165, 1.54) is 22.1 Å². The molecule has 0 saturated carbocycles. The number of hydrogen-bond acceptors (Lipinski definition) is 2. The summed E-state index contributed by atoms with van der Waals surface area (Å²) in [6, 6.07) is 13.5. The van der Waals surface area contributed by atoms with Crippen molar-refractivity contribution in [1.82, 2.24) is 0 Å². The van der Waals surface area contributed by atoms with Gasteiger partial charge in [0.25, 0.3) is 0 Å². The molecule has 1 aliphatic heterocycles. The van der Waals surface area contributed by atoms with Crippen molar-refractivity contribution < 1.29 is 0 Å². The summed E-state index contributed by atoms with van der Waals surface area (Å²) in [4.78, 5) is 2.44. The minimum atomic E-state index is 0.343. The standard InChI is InChI=1S/C15H18N2/c1-10(2)17-11(3)16-13-8-4-6-12-7-5-9-14(17)15(12)13/h4-11,16H,1-3H3. The molecule has 0 saturated heterocycles. The van der Waals surface area contributed by atoms with Crippen LogP contribution in [0.1, 0.15) is 20.8 Å². The minimum Gasteiger partial charge on any atom is -0.365 e. The molecule has 2 nitrogen and oxygen atoms in total. The fourth-order valence-electron chi connectivity index (χ4n) is 2.89. The van der Waals surface area contributed by atoms with Crippen LogP contribution < -0.4 is 10.2 Å². The Bertz CT molecular complexity index is 555. The van der Waals surface area contributed by atoms with E-state index in [1.807, 2.05) is 0 Å². The Morgan fingerprint density at radius 1 is 1.12 bits per heavy atom. The average molecular weight is 226 g/mol. The van der Waals surface area contributed by atoms with Gasteiger partial charge < -0.3 is 10.2 Å². The summed E-state index contributed by atoms with van der Waals surface area (Å²) < 4.78 is 0. The van der Waals surface area contributed by atoms with Gasteiger partial charge in [0.2, 0.25) is 0 Å². The van der Waals surface area contributed by atoms with Gasteiger partial charge in [0.05, 0.1) is 6.17 Å². The number of benzene rings is 2. The van der Waals surface area contributed by atoms with Gasteiger partial charge >= 0.3 is 0 Å². The van der Waals surface area contributed by atoms with Crippen LogP contribution in [0.5, 0.6) is 0 Å². The summed E-state index contributed by atoms with van der Waals surface area (Å²) in [5.74, 6) is 0. The van der Waals surface area contributed by atoms with Crippen LogP contribution in [0.25, 0.3) is 10.8 Å². The lowest BCUT2D eigenvalue weighted by atomic mass is 10.0. The van der Waals surface area contributed by atoms with Crippen LogP contribution >= 0.6 is 0 Å². The number of nitrogens with zero attached hydrogens (tertiary/aromatic N) is 1. The van der Waals surface area contributed by atoms with Crippen LogP contribution in [0, 0.1) is 0 Å². The fourth-order valence-corrected chi connectivity index (χ4v) is 2.89. The highest BCUT2D eigenvalue weighted by Gasteiger charge is 2.25. The maximum Gasteiger partial charge on any atom is 0.0963 e. The highest BCUT2D eigenvalue weighted by atomic mass is 15.3. The van der Waals surface area contributed by atoms with Crippen LogP contribution in [0.4, 0.5) is 11.4 Å². The smallest absolute Gasteiger partial charge is 0.0963 e. The van der Waals surface area contributed by atoms with Gasteiger partial charge in [0.15, 0.2) is 0 Å². The molecule has 1 heterocycles. The van der Waals surface area contributed by atoms with Gasteiger partial charge in [-0.15, -0.1) is 0 Å². The molecule has 1 atom stereocenters. The molecule has 88 valence electrons. The third-order valence-corrected chi connectivity index (χ3v) is 3.50. The van der Waals surface area contributed by atoms with Crippen LogP contribution in [0.2, 0.25) is 0 Å². The summed E-state index contributed by atoms with van der Waals surface area (Å²) in [7, 11) is 0. The summed E-state index contributed by atoms with van der Waals surface area (Å²) >= 11 is 0. The van der Waals surface area contributed by atoms with Crippen molar-refractivity contribution in [3.63, 3.8) is 0 Å². The maximum atomic E-state index is 3.58. The second kappa shape index (κ2) is 3.66. The predicted octanol–water partition coefficient (Wildman–Crippen LogP) is 3.83. The molecule has 1 N–H and O–H groups in total. The molecule has 0 aliphatic carbocycles. The van der Waals surface area contributed by atoms with Crippen molar-refractivity contribution in [3.8, 4) is 0 Å². The van der Waals surface area contributed by atoms with Gasteiger partial charge in [-0.3, -0.25) is 0 Å². The second-order valence-corrected chi connectivity index (χ2v) is 5.00. The van der Waals surface area contributed by atoms with Gasteiger partial charge in [-0.05, 0) is 38.3 Å². The molecule has 0 spiro atoms. The van der Waals surface area contributed by atoms with E-state index < -0.39 is 0 Å². The van der Waals surface area contributed by atoms with Gasteiger partial charge in [-0.2, -0.15) is 0 Å². The van der Waals surface area contributed by atoms with Gasteiger partial charge in [0, 0.05) is 22.8 Å². The first-order chi connectivity index (χ1) is 8.18. The van der Waals surface area contributed by atoms with E-state index in [0.29, 0.717) is 12.2 Å². The Balaban J connectivity index is 2.32. The Morgan fingerprint density at radius 2 is 1.82 bits per heavy atom. The summed E-state index contributed by atoms with van der Waals surface area (Å²) in [6.07, 6.45) is 0.343. The monoisotopic (exact) mass is 226 g/mol. The summed E-state index contributed by atoms with van der Waals surface area (Å²) in [5, 5.41) is 6.24. The molecule has 1 aliphatic rings. The van der Waals surface area contributed by atoms with Crippen LogP contribution in [0.15, 0.2) is 36.4 Å². The Kier molecular flexibility index (Phi) is 2.25. The number of nitrogens with one attached hydrogen (secondary N) is 1. The molecule has 3 rings (SSSR count). The molecule has 2 aromatic rings. The molecule has 0 radical (unpaired) electrons. The zero-order chi connectivity index (χ0) is 12.0. The third-order valence-electron chi connectivity index (χ3n) is 3.50. The van der Waals surface area contributed by atoms with Crippen molar-refractivity contribution in [2.75, 3.05) is 10.2 Å². The first kappa shape index (κ1) is 10.5. The summed E-state index contributed by atoms with van der Waals surface area (Å²) in [6.45, 7) is 6.70. The van der Waals surface area contributed by atoms with Gasteiger partial charge in [0.1, 0.15) is 0 Å². The maximum absolute atomic E-state index is 3.58. The number of rotatable bonds is 1. The van der Waals surface area contributed by atoms with E-state index >= 15 is 0 Å². The molecule has 0 fully saturated rings. The highest BCUT2D eigenvalue weighted by Crippen LogP contribution is 2.38. The molecule has 0 amide bonds. The van der Waals surface area contributed by atoms with Gasteiger partial charge in [-0.1, -0.05) is 24.3 Å². The van der Waals surface area contributed by atoms with E-state index in [-0.39, 0.29) is 0 Å². The van der Waals surface area contributed by atoms with Crippen LogP contribution in [-0.2, 0) is 0 Å². The lowest BCUT2D eigenvalue weighted by molar-refractivity contribution is 0.614. The lowest BCUT2D eigenvalue weighted by Gasteiger charge is -2.40. The van der Waals surface area contributed by atoms with E-state index in [0.717, 1.165) is 0 Å². The van der Waals surface area contributed by atoms with E-state index in [2.05, 4.69) is 67.4 Å². The van der Waals surface area contributed by atoms with Crippen molar-refractivity contribution in [3.05, 3.63) is 36.4 Å². The normalized spacial score (nSPS) is 18.6. The van der Waals surface area contributed by atoms with E-state index in [9.17, 15) is 0 Å². The zero-order valence-corrected chi connectivity index (χ0v) is 10.6. The SMILES string of the molecule is CC(C)N1c2cccc3cccc(c23)NC1C.